The molecule has 1 atom stereocenters. The van der Waals surface area contributed by atoms with Gasteiger partial charge in [-0.15, -0.1) is 0 Å². The fraction of sp³-hybridized carbons (Fsp3) is 0.833. The summed E-state index contributed by atoms with van der Waals surface area (Å²) in [5.41, 5.74) is 0. The number of nitriles is 1. The molecule has 1 unspecified atom stereocenters. The molecule has 1 rings (SSSR count). The van der Waals surface area contributed by atoms with Crippen LogP contribution in [0.4, 0.5) is 0 Å². The summed E-state index contributed by atoms with van der Waals surface area (Å²) in [6.07, 6.45) is 4.63. The number of carbonyl (C=O) groups excluding carboxylic acids is 1. The molecule has 0 spiro atoms. The average Bonchev–Trinajstić information content (AvgIpc) is 2.78. The first-order valence-corrected chi connectivity index (χ1v) is 6.04. The van der Waals surface area contributed by atoms with Gasteiger partial charge in [-0.1, -0.05) is 6.92 Å². The van der Waals surface area contributed by atoms with Gasteiger partial charge in [0.2, 0.25) is 5.91 Å². The second-order valence-electron chi connectivity index (χ2n) is 4.15. The SMILES string of the molecule is CCCN(CC#N)C(=O)CCC1CCCO1. The highest BCUT2D eigenvalue weighted by atomic mass is 16.5. The number of nitrogens with zero attached hydrogens (tertiary/aromatic N) is 2. The summed E-state index contributed by atoms with van der Waals surface area (Å²) in [6.45, 7) is 3.73. The summed E-state index contributed by atoms with van der Waals surface area (Å²) in [5, 5.41) is 8.62. The Morgan fingerprint density at radius 1 is 1.62 bits per heavy atom. The van der Waals surface area contributed by atoms with Crippen LogP contribution in [0.1, 0.15) is 39.0 Å². The van der Waals surface area contributed by atoms with Crippen LogP contribution in [-0.4, -0.2) is 36.6 Å². The molecular weight excluding hydrogens is 204 g/mol. The predicted molar refractivity (Wildman–Crippen MR) is 60.7 cm³/mol. The number of hydrogen-bond acceptors (Lipinski definition) is 3. The van der Waals surface area contributed by atoms with Gasteiger partial charge >= 0.3 is 0 Å². The minimum atomic E-state index is 0.0823. The minimum Gasteiger partial charge on any atom is -0.378 e. The molecule has 0 aliphatic carbocycles. The molecular formula is C12H20N2O2. The molecule has 0 aromatic heterocycles. The summed E-state index contributed by atoms with van der Waals surface area (Å²) in [4.78, 5) is 13.4. The van der Waals surface area contributed by atoms with E-state index >= 15 is 0 Å². The Morgan fingerprint density at radius 2 is 2.44 bits per heavy atom. The maximum absolute atomic E-state index is 11.8. The number of rotatable bonds is 6. The van der Waals surface area contributed by atoms with Gasteiger partial charge < -0.3 is 9.64 Å². The number of hydrogen-bond donors (Lipinski definition) is 0. The van der Waals surface area contributed by atoms with Gasteiger partial charge in [-0.05, 0) is 25.7 Å². The van der Waals surface area contributed by atoms with Crippen LogP contribution in [-0.2, 0) is 9.53 Å². The normalized spacial score (nSPS) is 19.4. The molecule has 1 amide bonds. The molecule has 1 saturated heterocycles. The molecule has 4 nitrogen and oxygen atoms in total. The summed E-state index contributed by atoms with van der Waals surface area (Å²) in [6, 6.07) is 2.04. The Bertz CT molecular complexity index is 254. The van der Waals surface area contributed by atoms with Crippen LogP contribution in [0.3, 0.4) is 0 Å². The van der Waals surface area contributed by atoms with E-state index < -0.39 is 0 Å². The summed E-state index contributed by atoms with van der Waals surface area (Å²) in [5.74, 6) is 0.0823. The van der Waals surface area contributed by atoms with E-state index in [-0.39, 0.29) is 18.6 Å². The highest BCUT2D eigenvalue weighted by molar-refractivity contribution is 5.76. The Kier molecular flexibility index (Phi) is 5.87. The van der Waals surface area contributed by atoms with Gasteiger partial charge in [-0.3, -0.25) is 4.79 Å². The lowest BCUT2D eigenvalue weighted by Crippen LogP contribution is -2.32. The average molecular weight is 224 g/mol. The largest absolute Gasteiger partial charge is 0.378 e. The van der Waals surface area contributed by atoms with E-state index in [9.17, 15) is 4.79 Å². The fourth-order valence-corrected chi connectivity index (χ4v) is 1.96. The zero-order chi connectivity index (χ0) is 11.8. The second kappa shape index (κ2) is 7.24. The molecule has 0 N–H and O–H groups in total. The lowest BCUT2D eigenvalue weighted by atomic mass is 10.1. The van der Waals surface area contributed by atoms with Crippen LogP contribution in [0.2, 0.25) is 0 Å². The van der Waals surface area contributed by atoms with Gasteiger partial charge in [0.15, 0.2) is 0 Å². The summed E-state index contributed by atoms with van der Waals surface area (Å²) >= 11 is 0. The smallest absolute Gasteiger partial charge is 0.223 e. The summed E-state index contributed by atoms with van der Waals surface area (Å²) in [7, 11) is 0. The molecule has 0 aromatic carbocycles. The van der Waals surface area contributed by atoms with E-state index in [2.05, 4.69) is 0 Å². The monoisotopic (exact) mass is 224 g/mol. The van der Waals surface area contributed by atoms with Crippen LogP contribution in [0, 0.1) is 11.3 Å². The molecule has 4 heteroatoms. The first-order valence-electron chi connectivity index (χ1n) is 6.04. The van der Waals surface area contributed by atoms with Crippen molar-refractivity contribution in [1.82, 2.24) is 4.90 Å². The van der Waals surface area contributed by atoms with Crippen molar-refractivity contribution in [1.29, 1.82) is 5.26 Å². The summed E-state index contributed by atoms with van der Waals surface area (Å²) < 4.78 is 5.47. The van der Waals surface area contributed by atoms with Crippen molar-refractivity contribution < 1.29 is 9.53 Å². The number of amides is 1. The Labute approximate surface area is 97.2 Å². The predicted octanol–water partition coefficient (Wildman–Crippen LogP) is 1.71. The zero-order valence-electron chi connectivity index (χ0n) is 9.95. The van der Waals surface area contributed by atoms with Gasteiger partial charge in [0, 0.05) is 19.6 Å². The van der Waals surface area contributed by atoms with Gasteiger partial charge in [0.05, 0.1) is 12.2 Å². The molecule has 0 aromatic rings. The fourth-order valence-electron chi connectivity index (χ4n) is 1.96. The molecule has 1 aliphatic heterocycles. The standard InChI is InChI=1S/C12H20N2O2/c1-2-8-14(9-7-13)12(15)6-5-11-4-3-10-16-11/h11H,2-6,8-10H2,1H3. The van der Waals surface area contributed by atoms with Crippen LogP contribution in [0.5, 0.6) is 0 Å². The number of carbonyl (C=O) groups is 1. The van der Waals surface area contributed by atoms with E-state index in [0.29, 0.717) is 13.0 Å². The van der Waals surface area contributed by atoms with Crippen LogP contribution < -0.4 is 0 Å². The quantitative estimate of drug-likeness (QED) is 0.645. The second-order valence-corrected chi connectivity index (χ2v) is 4.15. The topological polar surface area (TPSA) is 53.3 Å². The van der Waals surface area contributed by atoms with E-state index in [1.165, 1.54) is 0 Å². The molecule has 1 fully saturated rings. The molecule has 90 valence electrons. The molecule has 0 bridgehead atoms. The minimum absolute atomic E-state index is 0.0823. The molecule has 0 radical (unpaired) electrons. The van der Waals surface area contributed by atoms with Crippen LogP contribution in [0.25, 0.3) is 0 Å². The first kappa shape index (κ1) is 13.0. The van der Waals surface area contributed by atoms with E-state index in [1.54, 1.807) is 4.90 Å². The van der Waals surface area contributed by atoms with Crippen LogP contribution >= 0.6 is 0 Å². The molecule has 1 heterocycles. The van der Waals surface area contributed by atoms with Crippen molar-refractivity contribution in [2.75, 3.05) is 19.7 Å². The van der Waals surface area contributed by atoms with Crippen LogP contribution in [0.15, 0.2) is 0 Å². The third-order valence-corrected chi connectivity index (χ3v) is 2.81. The molecule has 16 heavy (non-hydrogen) atoms. The van der Waals surface area contributed by atoms with Gasteiger partial charge in [-0.25, -0.2) is 0 Å². The maximum Gasteiger partial charge on any atom is 0.223 e. The molecule has 1 aliphatic rings. The van der Waals surface area contributed by atoms with Gasteiger partial charge in [0.1, 0.15) is 6.54 Å². The van der Waals surface area contributed by atoms with Gasteiger partial charge in [-0.2, -0.15) is 5.26 Å². The third kappa shape index (κ3) is 4.19. The van der Waals surface area contributed by atoms with E-state index in [4.69, 9.17) is 10.00 Å². The van der Waals surface area contributed by atoms with Crippen molar-refractivity contribution >= 4 is 5.91 Å². The number of ether oxygens (including phenoxy) is 1. The first-order chi connectivity index (χ1) is 7.77. The van der Waals surface area contributed by atoms with Crippen molar-refractivity contribution in [3.63, 3.8) is 0 Å². The highest BCUT2D eigenvalue weighted by Crippen LogP contribution is 2.17. The third-order valence-electron chi connectivity index (χ3n) is 2.81. The van der Waals surface area contributed by atoms with E-state index in [0.717, 1.165) is 32.3 Å². The van der Waals surface area contributed by atoms with Crippen molar-refractivity contribution in [2.45, 2.75) is 45.1 Å². The lowest BCUT2D eigenvalue weighted by Gasteiger charge is -2.19. The lowest BCUT2D eigenvalue weighted by molar-refractivity contribution is -0.131. The zero-order valence-corrected chi connectivity index (χ0v) is 9.95. The Morgan fingerprint density at radius 3 is 3.00 bits per heavy atom. The highest BCUT2D eigenvalue weighted by Gasteiger charge is 2.18. The Balaban J connectivity index is 2.27. The molecule has 0 saturated carbocycles. The Hall–Kier alpha value is -1.08. The van der Waals surface area contributed by atoms with E-state index in [1.807, 2.05) is 13.0 Å². The van der Waals surface area contributed by atoms with Crippen molar-refractivity contribution in [3.05, 3.63) is 0 Å². The van der Waals surface area contributed by atoms with Gasteiger partial charge in [0.25, 0.3) is 0 Å². The maximum atomic E-state index is 11.8. The van der Waals surface area contributed by atoms with Crippen molar-refractivity contribution in [3.8, 4) is 6.07 Å². The van der Waals surface area contributed by atoms with Crippen molar-refractivity contribution in [2.24, 2.45) is 0 Å².